The molecule has 0 radical (unpaired) electrons. The molecule has 0 saturated carbocycles. The van der Waals surface area contributed by atoms with E-state index in [1.165, 1.54) is 40.3 Å². The van der Waals surface area contributed by atoms with Crippen molar-refractivity contribution in [3.8, 4) is 51.0 Å². The van der Waals surface area contributed by atoms with Gasteiger partial charge in [-0.2, -0.15) is 5.26 Å². The maximum absolute atomic E-state index is 9.70. The second-order valence-electron chi connectivity index (χ2n) is 13.3. The van der Waals surface area contributed by atoms with E-state index >= 15 is 0 Å². The molecule has 0 spiro atoms. The van der Waals surface area contributed by atoms with Gasteiger partial charge in [0.05, 0.1) is 23.0 Å². The van der Waals surface area contributed by atoms with E-state index in [4.69, 9.17) is 9.97 Å². The zero-order chi connectivity index (χ0) is 34.6. The average Bonchev–Trinajstić information content (AvgIpc) is 3.78. The van der Waals surface area contributed by atoms with Crippen LogP contribution in [0.5, 0.6) is 0 Å². The minimum absolute atomic E-state index is 0.135. The molecular weight excluding hydrogens is 671 g/mol. The molecule has 52 heavy (non-hydrogen) atoms. The first-order valence-electron chi connectivity index (χ1n) is 17.4. The Kier molecular flexibility index (Phi) is 7.38. The first-order chi connectivity index (χ1) is 25.7. The molecule has 3 heterocycles. The fourth-order valence-electron chi connectivity index (χ4n) is 7.38. The second-order valence-corrected chi connectivity index (χ2v) is 15.4. The molecule has 244 valence electrons. The molecule has 1 atom stereocenters. The summed E-state index contributed by atoms with van der Waals surface area (Å²) in [6.07, 6.45) is 9.46. The maximum Gasteiger partial charge on any atom is 0.160 e. The molecule has 9 aromatic rings. The third kappa shape index (κ3) is 5.41. The van der Waals surface area contributed by atoms with Crippen molar-refractivity contribution in [1.29, 1.82) is 5.26 Å². The van der Waals surface area contributed by atoms with E-state index in [1.54, 1.807) is 0 Å². The van der Waals surface area contributed by atoms with Gasteiger partial charge < -0.3 is 0 Å². The number of benzene rings is 6. The van der Waals surface area contributed by atoms with Crippen LogP contribution in [-0.2, 0) is 0 Å². The lowest BCUT2D eigenvalue weighted by Crippen LogP contribution is -2.04. The highest BCUT2D eigenvalue weighted by atomic mass is 32.1. The van der Waals surface area contributed by atoms with Gasteiger partial charge in [0.2, 0.25) is 0 Å². The zero-order valence-electron chi connectivity index (χ0n) is 28.0. The van der Waals surface area contributed by atoms with Gasteiger partial charge in [-0.05, 0) is 101 Å². The van der Waals surface area contributed by atoms with Crippen LogP contribution < -0.4 is 0 Å². The molecule has 0 aliphatic heterocycles. The largest absolute Gasteiger partial charge is 0.232 e. The predicted molar refractivity (Wildman–Crippen MR) is 220 cm³/mol. The number of aromatic nitrogens is 2. The number of nitriles is 1. The molecule has 0 bridgehead atoms. The highest BCUT2D eigenvalue weighted by Crippen LogP contribution is 2.41. The molecule has 10 rings (SSSR count). The SMILES string of the molecule is N#Cc1cccc(-c2cc(C3C=CC=CC3)nc(-c3cc(-c4ccc5sc6ccccc6c5c4)cc(-c4ccc5sc6ccccc6c5c4)c3)n2)c1. The van der Waals surface area contributed by atoms with Crippen molar-refractivity contribution in [1.82, 2.24) is 9.97 Å². The van der Waals surface area contributed by atoms with Crippen molar-refractivity contribution in [2.75, 3.05) is 0 Å². The molecule has 0 fully saturated rings. The monoisotopic (exact) mass is 699 g/mol. The Balaban J connectivity index is 1.20. The zero-order valence-corrected chi connectivity index (χ0v) is 29.6. The van der Waals surface area contributed by atoms with Crippen LogP contribution in [0.1, 0.15) is 23.6 Å². The smallest absolute Gasteiger partial charge is 0.160 e. The summed E-state index contributed by atoms with van der Waals surface area (Å²) in [5.41, 5.74) is 8.77. The van der Waals surface area contributed by atoms with E-state index < -0.39 is 0 Å². The Morgan fingerprint density at radius 1 is 0.519 bits per heavy atom. The van der Waals surface area contributed by atoms with Crippen molar-refractivity contribution in [3.05, 3.63) is 169 Å². The maximum atomic E-state index is 9.70. The van der Waals surface area contributed by atoms with Crippen LogP contribution in [0.15, 0.2) is 158 Å². The van der Waals surface area contributed by atoms with Gasteiger partial charge in [0.25, 0.3) is 0 Å². The van der Waals surface area contributed by atoms with Crippen LogP contribution in [0.3, 0.4) is 0 Å². The van der Waals surface area contributed by atoms with E-state index in [0.29, 0.717) is 11.4 Å². The Morgan fingerprint density at radius 3 is 1.79 bits per heavy atom. The van der Waals surface area contributed by atoms with Crippen molar-refractivity contribution < 1.29 is 0 Å². The normalized spacial score (nSPS) is 14.1. The first-order valence-corrected chi connectivity index (χ1v) is 19.0. The van der Waals surface area contributed by atoms with Crippen molar-refractivity contribution in [2.24, 2.45) is 0 Å². The molecule has 3 nitrogen and oxygen atoms in total. The number of rotatable bonds is 5. The summed E-state index contributed by atoms with van der Waals surface area (Å²) in [7, 11) is 0. The Hall–Kier alpha value is -6.19. The number of hydrogen-bond acceptors (Lipinski definition) is 5. The van der Waals surface area contributed by atoms with E-state index in [1.807, 2.05) is 46.9 Å². The topological polar surface area (TPSA) is 49.6 Å². The van der Waals surface area contributed by atoms with Gasteiger partial charge in [0.1, 0.15) is 0 Å². The van der Waals surface area contributed by atoms with Crippen LogP contribution in [-0.4, -0.2) is 9.97 Å². The molecule has 0 amide bonds. The highest BCUT2D eigenvalue weighted by molar-refractivity contribution is 7.26. The number of thiophene rings is 2. The summed E-state index contributed by atoms with van der Waals surface area (Å²) in [5.74, 6) is 0.806. The molecule has 1 aliphatic rings. The van der Waals surface area contributed by atoms with Crippen molar-refractivity contribution in [3.63, 3.8) is 0 Å². The summed E-state index contributed by atoms with van der Waals surface area (Å²) < 4.78 is 5.16. The quantitative estimate of drug-likeness (QED) is 0.180. The average molecular weight is 700 g/mol. The molecule has 0 saturated heterocycles. The van der Waals surface area contributed by atoms with E-state index in [0.717, 1.165) is 51.2 Å². The minimum atomic E-state index is 0.135. The van der Waals surface area contributed by atoms with Crippen LogP contribution in [0, 0.1) is 11.3 Å². The van der Waals surface area contributed by atoms with Gasteiger partial charge in [-0.25, -0.2) is 9.97 Å². The van der Waals surface area contributed by atoms with Gasteiger partial charge >= 0.3 is 0 Å². The summed E-state index contributed by atoms with van der Waals surface area (Å²) >= 11 is 3.67. The fraction of sp³-hybridized carbons (Fsp3) is 0.0426. The molecule has 1 unspecified atom stereocenters. The van der Waals surface area contributed by atoms with Crippen molar-refractivity contribution in [2.45, 2.75) is 12.3 Å². The molecule has 0 N–H and O–H groups in total. The summed E-state index contributed by atoms with van der Waals surface area (Å²) in [4.78, 5) is 10.5. The number of hydrogen-bond donors (Lipinski definition) is 0. The standard InChI is InChI=1S/C47H29N3S2/c48-28-29-9-8-12-33(21-29)42-27-41(30-10-2-1-3-11-30)49-47(50-42)36-23-34(31-17-19-45-39(25-31)37-13-4-6-15-43(37)51-45)22-35(24-36)32-18-20-46-40(26-32)38-14-5-7-16-44(38)52-46/h1-10,12-27,30H,11H2. The van der Waals surface area contributed by atoms with E-state index in [-0.39, 0.29) is 5.92 Å². The lowest BCUT2D eigenvalue weighted by Gasteiger charge is -2.17. The fourth-order valence-corrected chi connectivity index (χ4v) is 9.56. The van der Waals surface area contributed by atoms with Crippen LogP contribution >= 0.6 is 22.7 Å². The first kappa shape index (κ1) is 30.6. The lowest BCUT2D eigenvalue weighted by atomic mass is 9.93. The van der Waals surface area contributed by atoms with Crippen molar-refractivity contribution >= 4 is 63.0 Å². The Labute approximate surface area is 309 Å². The van der Waals surface area contributed by atoms with Crippen LogP contribution in [0.4, 0.5) is 0 Å². The Morgan fingerprint density at radius 2 is 1.15 bits per heavy atom. The Bertz CT molecular complexity index is 2840. The summed E-state index contributed by atoms with van der Waals surface area (Å²) in [6, 6.07) is 49.8. The highest BCUT2D eigenvalue weighted by Gasteiger charge is 2.18. The lowest BCUT2D eigenvalue weighted by molar-refractivity contribution is 0.811. The van der Waals surface area contributed by atoms with Gasteiger partial charge in [-0.15, -0.1) is 22.7 Å². The second kappa shape index (κ2) is 12.5. The molecule has 1 aliphatic carbocycles. The van der Waals surface area contributed by atoms with Gasteiger partial charge in [-0.1, -0.05) is 85.0 Å². The van der Waals surface area contributed by atoms with E-state index in [2.05, 4.69) is 140 Å². The molecule has 3 aromatic heterocycles. The summed E-state index contributed by atoms with van der Waals surface area (Å²) in [5, 5.41) is 14.8. The summed E-state index contributed by atoms with van der Waals surface area (Å²) in [6.45, 7) is 0. The molecule has 6 aromatic carbocycles. The minimum Gasteiger partial charge on any atom is -0.232 e. The van der Waals surface area contributed by atoms with Gasteiger partial charge in [-0.3, -0.25) is 0 Å². The van der Waals surface area contributed by atoms with Crippen LogP contribution in [0.2, 0.25) is 0 Å². The molecule has 5 heteroatoms. The third-order valence-corrected chi connectivity index (χ3v) is 12.3. The van der Waals surface area contributed by atoms with E-state index in [9.17, 15) is 5.26 Å². The predicted octanol–water partition coefficient (Wildman–Crippen LogP) is 13.4. The third-order valence-electron chi connectivity index (χ3n) is 10.0. The van der Waals surface area contributed by atoms with Crippen LogP contribution in [0.25, 0.3) is 85.2 Å². The van der Waals surface area contributed by atoms with Gasteiger partial charge in [0, 0.05) is 57.4 Å². The number of allylic oxidation sites excluding steroid dienone is 4. The van der Waals surface area contributed by atoms with Gasteiger partial charge in [0.15, 0.2) is 5.82 Å². The number of nitrogens with zero attached hydrogens (tertiary/aromatic N) is 3. The molecular formula is C47H29N3S2. The number of fused-ring (bicyclic) bond motifs is 6.